The molecular weight excluding hydrogens is 300 g/mol. The standard InChI is InChI=1S/C7H15O2.2BrH.Mg/c1-4-7(8-5-2)9-6-3;;;/h7H,1,4-6H2,2-3H3;2*1H;/q;;;+2/p-2. The van der Waals surface area contributed by atoms with Crippen molar-refractivity contribution in [1.82, 2.24) is 0 Å². The van der Waals surface area contributed by atoms with Gasteiger partial charge in [0.05, 0.1) is 0 Å². The maximum Gasteiger partial charge on any atom is 0.560 e. The lowest BCUT2D eigenvalue weighted by Crippen LogP contribution is -2.15. The molecule has 0 fully saturated rings. The summed E-state index contributed by atoms with van der Waals surface area (Å²) in [6.45, 7) is 8.95. The Morgan fingerprint density at radius 2 is 1.58 bits per heavy atom. The fourth-order valence-corrected chi connectivity index (χ4v) is 0.587. The number of rotatable bonds is 5. The second-order valence-electron chi connectivity index (χ2n) is 1.73. The van der Waals surface area contributed by atoms with Crippen LogP contribution in [-0.2, 0) is 9.47 Å². The number of halogens is 2. The molecule has 0 rings (SSSR count). The molecule has 0 aliphatic heterocycles. The zero-order valence-corrected chi connectivity index (χ0v) is 12.3. The number of hydrogen-bond donors (Lipinski definition) is 0. The van der Waals surface area contributed by atoms with Crippen LogP contribution in [0.5, 0.6) is 0 Å². The van der Waals surface area contributed by atoms with Crippen LogP contribution in [0, 0.1) is 6.92 Å². The fraction of sp³-hybridized carbons (Fsp3) is 0.857. The fourth-order valence-electron chi connectivity index (χ4n) is 0.587. The quantitative estimate of drug-likeness (QED) is 0.574. The van der Waals surface area contributed by atoms with Crippen LogP contribution in [0.3, 0.4) is 0 Å². The van der Waals surface area contributed by atoms with Gasteiger partial charge in [-0.3, -0.25) is 25.8 Å². The Hall–Kier alpha value is 1.65. The first kappa shape index (κ1) is 16.1. The van der Waals surface area contributed by atoms with Crippen molar-refractivity contribution < 1.29 is 9.47 Å². The van der Waals surface area contributed by atoms with Crippen LogP contribution < -0.4 is 0 Å². The minimum Gasteiger partial charge on any atom is -0.353 e. The number of ether oxygens (including phenoxy) is 2. The molecule has 0 heterocycles. The third-order valence-electron chi connectivity index (χ3n) is 0.941. The Morgan fingerprint density at radius 3 is 1.75 bits per heavy atom. The number of hydrogen-bond acceptors (Lipinski definition) is 2. The minimum atomic E-state index is -0.0972. The van der Waals surface area contributed by atoms with E-state index >= 15 is 0 Å². The largest absolute Gasteiger partial charge is 0.560 e. The monoisotopic (exact) mass is 313 g/mol. The minimum absolute atomic E-state index is 0.0417. The molecule has 0 aromatic heterocycles. The average molecular weight is 315 g/mol. The molecule has 0 aromatic carbocycles. The molecule has 0 spiro atoms. The highest BCUT2D eigenvalue weighted by Crippen LogP contribution is 1.98. The van der Waals surface area contributed by atoms with E-state index in [9.17, 15) is 0 Å². The molecule has 0 aliphatic rings. The maximum absolute atomic E-state index is 5.15. The molecule has 5 heteroatoms. The predicted octanol–water partition coefficient (Wildman–Crippen LogP) is 2.92. The van der Waals surface area contributed by atoms with Gasteiger partial charge in [0.1, 0.15) is 0 Å². The molecule has 0 atom stereocenters. The van der Waals surface area contributed by atoms with E-state index in [1.807, 2.05) is 13.8 Å². The van der Waals surface area contributed by atoms with Gasteiger partial charge >= 0.3 is 16.0 Å². The second-order valence-corrected chi connectivity index (χ2v) is 9.81. The highest BCUT2D eigenvalue weighted by Gasteiger charge is 2.01. The van der Waals surface area contributed by atoms with Crippen LogP contribution in [0.1, 0.15) is 20.3 Å². The molecule has 12 heavy (non-hydrogen) atoms. The molecule has 0 amide bonds. The van der Waals surface area contributed by atoms with Crippen LogP contribution in [-0.4, -0.2) is 35.5 Å². The summed E-state index contributed by atoms with van der Waals surface area (Å²) in [5.41, 5.74) is 0. The average Bonchev–Trinajstić information content (AvgIpc) is 2.05. The summed E-state index contributed by atoms with van der Waals surface area (Å²) >= 11 is 6.44. The van der Waals surface area contributed by atoms with Crippen LogP contribution in [0.4, 0.5) is 0 Å². The third-order valence-corrected chi connectivity index (χ3v) is 0.941. The Balaban J connectivity index is 0. The van der Waals surface area contributed by atoms with Crippen molar-refractivity contribution in [3.63, 3.8) is 0 Å². The molecule has 0 bridgehead atoms. The predicted molar refractivity (Wildman–Crippen MR) is 60.6 cm³/mol. The van der Waals surface area contributed by atoms with E-state index in [0.29, 0.717) is 19.6 Å². The summed E-state index contributed by atoms with van der Waals surface area (Å²) in [4.78, 5) is 0. The van der Waals surface area contributed by atoms with Crippen molar-refractivity contribution in [1.29, 1.82) is 0 Å². The second kappa shape index (κ2) is 15.1. The van der Waals surface area contributed by atoms with Gasteiger partial charge in [0, 0.05) is 13.2 Å². The normalized spacial score (nSPS) is 8.83. The summed E-state index contributed by atoms with van der Waals surface area (Å²) in [6, 6.07) is 0. The topological polar surface area (TPSA) is 18.5 Å². The van der Waals surface area contributed by atoms with Crippen molar-refractivity contribution in [2.24, 2.45) is 0 Å². The molecule has 71 valence electrons. The molecular formula is C7H15Br2MgO2. The smallest absolute Gasteiger partial charge is 0.353 e. The van der Waals surface area contributed by atoms with Crippen LogP contribution in [0.25, 0.3) is 0 Å². The molecule has 0 saturated heterocycles. The molecule has 0 N–H and O–H groups in total. The van der Waals surface area contributed by atoms with Crippen LogP contribution in [0.15, 0.2) is 0 Å². The lowest BCUT2D eigenvalue weighted by atomic mass is 10.5. The van der Waals surface area contributed by atoms with Crippen molar-refractivity contribution in [2.45, 2.75) is 26.6 Å². The summed E-state index contributed by atoms with van der Waals surface area (Å²) in [5.74, 6) is 0. The van der Waals surface area contributed by atoms with E-state index in [0.717, 1.165) is 0 Å². The first-order valence-electron chi connectivity index (χ1n) is 3.91. The Morgan fingerprint density at radius 1 is 1.25 bits per heavy atom. The summed E-state index contributed by atoms with van der Waals surface area (Å²) < 4.78 is 10.3. The van der Waals surface area contributed by atoms with Gasteiger partial charge in [-0.2, -0.15) is 0 Å². The highest BCUT2D eigenvalue weighted by molar-refractivity contribution is 9.47. The Labute approximate surface area is 97.2 Å². The third kappa shape index (κ3) is 14.2. The van der Waals surface area contributed by atoms with Gasteiger partial charge < -0.3 is 9.47 Å². The van der Waals surface area contributed by atoms with E-state index in [-0.39, 0.29) is 22.3 Å². The lowest BCUT2D eigenvalue weighted by molar-refractivity contribution is -0.133. The molecule has 2 nitrogen and oxygen atoms in total. The zero-order chi connectivity index (χ0) is 9.82. The molecule has 0 aromatic rings. The Bertz CT molecular complexity index is 70.4. The summed E-state index contributed by atoms with van der Waals surface area (Å²) in [6.07, 6.45) is 0.585. The van der Waals surface area contributed by atoms with E-state index in [1.54, 1.807) is 0 Å². The lowest BCUT2D eigenvalue weighted by Gasteiger charge is -2.13. The molecule has 1 radical (unpaired) electrons. The van der Waals surface area contributed by atoms with Gasteiger partial charge in [0.2, 0.25) is 0 Å². The summed E-state index contributed by atoms with van der Waals surface area (Å²) in [7, 11) is 0. The van der Waals surface area contributed by atoms with Gasteiger partial charge in [-0.05, 0) is 27.2 Å². The van der Waals surface area contributed by atoms with Gasteiger partial charge in [0.15, 0.2) is 6.29 Å². The van der Waals surface area contributed by atoms with Gasteiger partial charge in [-0.25, -0.2) is 0 Å². The molecule has 0 saturated carbocycles. The van der Waals surface area contributed by atoms with Crippen LogP contribution >= 0.6 is 25.8 Å². The SMILES string of the molecule is [Br][Mg][Br].[CH2]CC(OCC)OCC. The van der Waals surface area contributed by atoms with Crippen molar-refractivity contribution >= 4 is 41.8 Å². The maximum atomic E-state index is 5.15. The van der Waals surface area contributed by atoms with Gasteiger partial charge in [-0.1, -0.05) is 0 Å². The van der Waals surface area contributed by atoms with E-state index in [4.69, 9.17) is 9.47 Å². The first-order valence-corrected chi connectivity index (χ1v) is 11.7. The zero-order valence-electron chi connectivity index (χ0n) is 7.69. The van der Waals surface area contributed by atoms with E-state index < -0.39 is 0 Å². The molecule has 0 aliphatic carbocycles. The Kier molecular flexibility index (Phi) is 20.3. The van der Waals surface area contributed by atoms with Crippen molar-refractivity contribution in [3.8, 4) is 0 Å². The first-order chi connectivity index (χ1) is 5.76. The van der Waals surface area contributed by atoms with Crippen molar-refractivity contribution in [3.05, 3.63) is 6.92 Å². The summed E-state index contributed by atoms with van der Waals surface area (Å²) in [5, 5.41) is 0. The van der Waals surface area contributed by atoms with Gasteiger partial charge in [0.25, 0.3) is 0 Å². The molecule has 0 unspecified atom stereocenters. The van der Waals surface area contributed by atoms with Crippen molar-refractivity contribution in [2.75, 3.05) is 13.2 Å². The van der Waals surface area contributed by atoms with Gasteiger partial charge in [-0.15, -0.1) is 0 Å². The van der Waals surface area contributed by atoms with Crippen LogP contribution in [0.2, 0.25) is 0 Å². The highest BCUT2D eigenvalue weighted by atomic mass is 79.9. The van der Waals surface area contributed by atoms with E-state index in [1.165, 1.54) is 0 Å². The van der Waals surface area contributed by atoms with E-state index in [2.05, 4.69) is 32.7 Å².